The molecule has 0 fully saturated rings. The third-order valence-corrected chi connectivity index (χ3v) is 2.88. The van der Waals surface area contributed by atoms with Gasteiger partial charge in [0.25, 0.3) is 0 Å². The Morgan fingerprint density at radius 2 is 1.94 bits per heavy atom. The van der Waals surface area contributed by atoms with Crippen LogP contribution in [0.1, 0.15) is 11.1 Å². The maximum absolute atomic E-state index is 12.8. The highest BCUT2D eigenvalue weighted by Gasteiger charge is 2.05. The minimum atomic E-state index is -0.273. The first-order valence-electron chi connectivity index (χ1n) is 4.69. The lowest BCUT2D eigenvalue weighted by Gasteiger charge is -2.03. The maximum Gasteiger partial charge on any atom is 0.123 e. The maximum atomic E-state index is 12.8. The molecule has 0 bridgehead atoms. The fourth-order valence-electron chi connectivity index (χ4n) is 1.45. The van der Waals surface area contributed by atoms with E-state index in [2.05, 4.69) is 0 Å². The van der Waals surface area contributed by atoms with Gasteiger partial charge in [-0.1, -0.05) is 12.1 Å². The molecular weight excluding hydrogens is 221 g/mol. The van der Waals surface area contributed by atoms with Crippen molar-refractivity contribution in [1.29, 1.82) is 5.26 Å². The van der Waals surface area contributed by atoms with Crippen LogP contribution in [0.15, 0.2) is 47.2 Å². The Balaban J connectivity index is 2.47. The molecule has 1 nitrogen and oxygen atoms in total. The topological polar surface area (TPSA) is 23.8 Å². The molecule has 16 heavy (non-hydrogen) atoms. The Hall–Kier alpha value is -1.92. The SMILES string of the molecule is N#C/C=C(/c1ccc(F)cc1)c1ccsc1. The Morgan fingerprint density at radius 3 is 2.50 bits per heavy atom. The first-order valence-corrected chi connectivity index (χ1v) is 5.64. The normalized spacial score (nSPS) is 11.1. The van der Waals surface area contributed by atoms with E-state index >= 15 is 0 Å². The van der Waals surface area contributed by atoms with Gasteiger partial charge in [-0.15, -0.1) is 0 Å². The van der Waals surface area contributed by atoms with Crippen LogP contribution in [0, 0.1) is 17.1 Å². The summed E-state index contributed by atoms with van der Waals surface area (Å²) in [6.07, 6.45) is 1.48. The van der Waals surface area contributed by atoms with Gasteiger partial charge in [-0.3, -0.25) is 0 Å². The summed E-state index contributed by atoms with van der Waals surface area (Å²) in [5.74, 6) is -0.273. The number of hydrogen-bond acceptors (Lipinski definition) is 2. The average Bonchev–Trinajstić information content (AvgIpc) is 2.81. The van der Waals surface area contributed by atoms with Gasteiger partial charge in [-0.05, 0) is 40.1 Å². The molecule has 78 valence electrons. The quantitative estimate of drug-likeness (QED) is 0.718. The van der Waals surface area contributed by atoms with E-state index in [9.17, 15) is 4.39 Å². The van der Waals surface area contributed by atoms with Crippen molar-refractivity contribution in [2.75, 3.05) is 0 Å². The molecule has 0 aliphatic carbocycles. The average molecular weight is 229 g/mol. The zero-order chi connectivity index (χ0) is 11.4. The van der Waals surface area contributed by atoms with E-state index < -0.39 is 0 Å². The van der Waals surface area contributed by atoms with Crippen LogP contribution < -0.4 is 0 Å². The van der Waals surface area contributed by atoms with Gasteiger partial charge in [0.2, 0.25) is 0 Å². The third-order valence-electron chi connectivity index (χ3n) is 2.20. The van der Waals surface area contributed by atoms with Crippen molar-refractivity contribution < 1.29 is 4.39 Å². The Morgan fingerprint density at radius 1 is 1.19 bits per heavy atom. The monoisotopic (exact) mass is 229 g/mol. The fraction of sp³-hybridized carbons (Fsp3) is 0. The van der Waals surface area contributed by atoms with Crippen LogP contribution in [0.3, 0.4) is 0 Å². The summed E-state index contributed by atoms with van der Waals surface area (Å²) in [6, 6.07) is 10.1. The smallest absolute Gasteiger partial charge is 0.123 e. The summed E-state index contributed by atoms with van der Waals surface area (Å²) in [5, 5.41) is 12.7. The van der Waals surface area contributed by atoms with Crippen LogP contribution in [0.2, 0.25) is 0 Å². The van der Waals surface area contributed by atoms with Gasteiger partial charge in [0, 0.05) is 11.6 Å². The third kappa shape index (κ3) is 2.18. The second kappa shape index (κ2) is 4.73. The van der Waals surface area contributed by atoms with Crippen molar-refractivity contribution in [3.63, 3.8) is 0 Å². The number of nitrogens with zero attached hydrogens (tertiary/aromatic N) is 1. The van der Waals surface area contributed by atoms with E-state index in [0.29, 0.717) is 0 Å². The lowest BCUT2D eigenvalue weighted by atomic mass is 10.0. The molecule has 0 spiro atoms. The van der Waals surface area contributed by atoms with E-state index in [1.807, 2.05) is 22.9 Å². The molecule has 0 aliphatic heterocycles. The number of thiophene rings is 1. The van der Waals surface area contributed by atoms with Crippen molar-refractivity contribution in [2.45, 2.75) is 0 Å². The second-order valence-corrected chi connectivity index (χ2v) is 3.99. The number of hydrogen-bond donors (Lipinski definition) is 0. The Kier molecular flexibility index (Phi) is 3.13. The number of nitriles is 1. The molecule has 0 atom stereocenters. The van der Waals surface area contributed by atoms with Crippen LogP contribution in [0.4, 0.5) is 4.39 Å². The predicted octanol–water partition coefficient (Wildman–Crippen LogP) is 3.84. The molecule has 0 saturated heterocycles. The largest absolute Gasteiger partial charge is 0.207 e. The van der Waals surface area contributed by atoms with Gasteiger partial charge >= 0.3 is 0 Å². The molecule has 0 aliphatic rings. The van der Waals surface area contributed by atoms with Gasteiger partial charge in [-0.25, -0.2) is 4.39 Å². The molecule has 2 aromatic rings. The number of allylic oxidation sites excluding steroid dienone is 1. The zero-order valence-electron chi connectivity index (χ0n) is 8.35. The molecule has 0 radical (unpaired) electrons. The first-order chi connectivity index (χ1) is 7.81. The molecule has 0 saturated carbocycles. The Bertz CT molecular complexity index is 532. The summed E-state index contributed by atoms with van der Waals surface area (Å²) in [5.41, 5.74) is 2.66. The lowest BCUT2D eigenvalue weighted by molar-refractivity contribution is 0.627. The highest BCUT2D eigenvalue weighted by Crippen LogP contribution is 2.25. The lowest BCUT2D eigenvalue weighted by Crippen LogP contribution is -1.85. The van der Waals surface area contributed by atoms with Crippen LogP contribution in [0.25, 0.3) is 5.57 Å². The first kappa shape index (κ1) is 10.6. The minimum Gasteiger partial charge on any atom is -0.207 e. The Labute approximate surface area is 97.1 Å². The van der Waals surface area contributed by atoms with Gasteiger partial charge in [0.05, 0.1) is 6.07 Å². The van der Waals surface area contributed by atoms with Crippen LogP contribution in [-0.4, -0.2) is 0 Å². The summed E-state index contributed by atoms with van der Waals surface area (Å²) in [7, 11) is 0. The molecule has 1 aromatic heterocycles. The van der Waals surface area contributed by atoms with Crippen molar-refractivity contribution in [2.24, 2.45) is 0 Å². The minimum absolute atomic E-state index is 0.273. The highest BCUT2D eigenvalue weighted by atomic mass is 32.1. The highest BCUT2D eigenvalue weighted by molar-refractivity contribution is 7.08. The zero-order valence-corrected chi connectivity index (χ0v) is 9.17. The van der Waals surface area contributed by atoms with Crippen LogP contribution in [-0.2, 0) is 0 Å². The standard InChI is InChI=1S/C13H8FNS/c14-12-3-1-10(2-4-12)13(5-7-15)11-6-8-16-9-11/h1-6,8-9H/b13-5-. The van der Waals surface area contributed by atoms with Crippen molar-refractivity contribution in [3.8, 4) is 6.07 Å². The van der Waals surface area contributed by atoms with Crippen molar-refractivity contribution in [3.05, 3.63) is 64.1 Å². The number of benzene rings is 1. The van der Waals surface area contributed by atoms with E-state index in [-0.39, 0.29) is 5.82 Å². The molecule has 3 heteroatoms. The molecule has 0 unspecified atom stereocenters. The number of halogens is 1. The predicted molar refractivity (Wildman–Crippen MR) is 63.4 cm³/mol. The molecule has 1 aromatic carbocycles. The van der Waals surface area contributed by atoms with Gasteiger partial charge < -0.3 is 0 Å². The molecule has 0 N–H and O–H groups in total. The summed E-state index contributed by atoms with van der Waals surface area (Å²) >= 11 is 1.57. The van der Waals surface area contributed by atoms with Gasteiger partial charge in [-0.2, -0.15) is 16.6 Å². The second-order valence-electron chi connectivity index (χ2n) is 3.21. The van der Waals surface area contributed by atoms with Crippen molar-refractivity contribution in [1.82, 2.24) is 0 Å². The van der Waals surface area contributed by atoms with Crippen LogP contribution >= 0.6 is 11.3 Å². The summed E-state index contributed by atoms with van der Waals surface area (Å²) in [4.78, 5) is 0. The summed E-state index contributed by atoms with van der Waals surface area (Å²) in [6.45, 7) is 0. The van der Waals surface area contributed by atoms with E-state index in [1.54, 1.807) is 23.5 Å². The molecule has 0 amide bonds. The fourth-order valence-corrected chi connectivity index (χ4v) is 2.10. The van der Waals surface area contributed by atoms with Crippen molar-refractivity contribution >= 4 is 16.9 Å². The molecular formula is C13H8FNS. The van der Waals surface area contributed by atoms with E-state index in [1.165, 1.54) is 18.2 Å². The molecule has 1 heterocycles. The van der Waals surface area contributed by atoms with Gasteiger partial charge in [0.15, 0.2) is 0 Å². The van der Waals surface area contributed by atoms with Crippen LogP contribution in [0.5, 0.6) is 0 Å². The number of rotatable bonds is 2. The van der Waals surface area contributed by atoms with Gasteiger partial charge in [0.1, 0.15) is 5.82 Å². The summed E-state index contributed by atoms with van der Waals surface area (Å²) < 4.78 is 12.8. The molecule has 2 rings (SSSR count). The van der Waals surface area contributed by atoms with E-state index in [0.717, 1.165) is 16.7 Å². The van der Waals surface area contributed by atoms with E-state index in [4.69, 9.17) is 5.26 Å².